The van der Waals surface area contributed by atoms with E-state index >= 15 is 0 Å². The van der Waals surface area contributed by atoms with Gasteiger partial charge in [0.2, 0.25) is 0 Å². The minimum Gasteiger partial charge on any atom is -0.414 e. The molecule has 0 bridgehead atoms. The summed E-state index contributed by atoms with van der Waals surface area (Å²) in [4.78, 5) is 24.4. The second kappa shape index (κ2) is 6.27. The fourth-order valence-corrected chi connectivity index (χ4v) is 8.79. The summed E-state index contributed by atoms with van der Waals surface area (Å²) in [5.74, 6) is 2.59. The molecule has 0 amide bonds. The van der Waals surface area contributed by atoms with Crippen LogP contribution in [0.15, 0.2) is 0 Å². The predicted octanol–water partition coefficient (Wildman–Crippen LogP) is 5.00. The molecule has 3 nitrogen and oxygen atoms in total. The van der Waals surface area contributed by atoms with Crippen molar-refractivity contribution in [2.75, 3.05) is 0 Å². The lowest BCUT2D eigenvalue weighted by Gasteiger charge is -2.59. The Bertz CT molecular complexity index is 597. The van der Waals surface area contributed by atoms with E-state index in [1.165, 1.54) is 32.0 Å². The zero-order chi connectivity index (χ0) is 18.7. The molecule has 146 valence electrons. The highest BCUT2D eigenvalue weighted by atomic mass is 28.4. The van der Waals surface area contributed by atoms with Crippen molar-refractivity contribution in [1.82, 2.24) is 0 Å². The van der Waals surface area contributed by atoms with E-state index in [2.05, 4.69) is 26.6 Å². The Labute approximate surface area is 159 Å². The lowest BCUT2D eigenvalue weighted by atomic mass is 9.45. The van der Waals surface area contributed by atoms with Crippen LogP contribution in [-0.2, 0) is 14.0 Å². The third-order valence-electron chi connectivity index (χ3n) is 8.68. The van der Waals surface area contributed by atoms with Crippen LogP contribution in [-0.4, -0.2) is 26.5 Å². The average Bonchev–Trinajstić information content (AvgIpc) is 2.89. The molecule has 0 radical (unpaired) electrons. The van der Waals surface area contributed by atoms with Crippen LogP contribution in [0.1, 0.15) is 64.7 Å². The summed E-state index contributed by atoms with van der Waals surface area (Å²) in [6.45, 7) is 9.40. The largest absolute Gasteiger partial charge is 0.414 e. The van der Waals surface area contributed by atoms with Gasteiger partial charge in [0.25, 0.3) is 0 Å². The van der Waals surface area contributed by atoms with Crippen LogP contribution in [0.5, 0.6) is 0 Å². The molecule has 4 fully saturated rings. The molecule has 7 atom stereocenters. The van der Waals surface area contributed by atoms with Gasteiger partial charge < -0.3 is 9.22 Å². The standard InChI is InChI=1S/C22H36O3Si/c1-21-11-10-19-17(18(21)7-8-20(21)25-26(2,3)4)6-5-15-13-16(24)9-12-22(15,19)14-23/h14-15,17-20H,5-13H2,1-4H3/t15?,17-,18-,19+,20?,21-,22+/m0/s1. The molecule has 4 aliphatic rings. The van der Waals surface area contributed by atoms with E-state index in [4.69, 9.17) is 4.43 Å². The number of hydrogen-bond donors (Lipinski definition) is 0. The van der Waals surface area contributed by atoms with Gasteiger partial charge in [0.1, 0.15) is 12.1 Å². The first-order chi connectivity index (χ1) is 12.2. The van der Waals surface area contributed by atoms with E-state index in [0.29, 0.717) is 53.8 Å². The van der Waals surface area contributed by atoms with Gasteiger partial charge in [-0.2, -0.15) is 0 Å². The van der Waals surface area contributed by atoms with Crippen molar-refractivity contribution in [3.8, 4) is 0 Å². The molecule has 0 saturated heterocycles. The molecule has 26 heavy (non-hydrogen) atoms. The smallest absolute Gasteiger partial charge is 0.184 e. The Morgan fingerprint density at radius 1 is 1.04 bits per heavy atom. The van der Waals surface area contributed by atoms with Crippen molar-refractivity contribution < 1.29 is 14.0 Å². The van der Waals surface area contributed by atoms with Crippen molar-refractivity contribution in [3.05, 3.63) is 0 Å². The summed E-state index contributed by atoms with van der Waals surface area (Å²) in [6, 6.07) is 0. The molecule has 4 saturated carbocycles. The zero-order valence-electron chi connectivity index (χ0n) is 17.1. The molecule has 0 N–H and O–H groups in total. The first-order valence-corrected chi connectivity index (χ1v) is 14.3. The summed E-state index contributed by atoms with van der Waals surface area (Å²) >= 11 is 0. The Hall–Kier alpha value is -0.483. The van der Waals surface area contributed by atoms with Gasteiger partial charge in [-0.15, -0.1) is 0 Å². The summed E-state index contributed by atoms with van der Waals surface area (Å²) in [5.41, 5.74) is 0.0960. The third-order valence-corrected chi connectivity index (χ3v) is 9.67. The number of carbonyl (C=O) groups is 2. The number of aldehydes is 1. The van der Waals surface area contributed by atoms with Crippen molar-refractivity contribution >= 4 is 20.4 Å². The Balaban J connectivity index is 1.60. The molecule has 0 spiro atoms. The van der Waals surface area contributed by atoms with Crippen LogP contribution in [0.3, 0.4) is 0 Å². The van der Waals surface area contributed by atoms with E-state index in [1.54, 1.807) is 0 Å². The topological polar surface area (TPSA) is 43.4 Å². The fourth-order valence-electron chi connectivity index (χ4n) is 7.55. The van der Waals surface area contributed by atoms with Gasteiger partial charge in [-0.1, -0.05) is 6.92 Å². The maximum atomic E-state index is 12.4. The lowest BCUT2D eigenvalue weighted by Crippen LogP contribution is -2.56. The summed E-state index contributed by atoms with van der Waals surface area (Å²) in [6.07, 6.45) is 10.9. The van der Waals surface area contributed by atoms with Crippen LogP contribution in [0, 0.1) is 34.5 Å². The highest BCUT2D eigenvalue weighted by molar-refractivity contribution is 6.69. The minimum absolute atomic E-state index is 0.199. The van der Waals surface area contributed by atoms with Crippen LogP contribution in [0.25, 0.3) is 0 Å². The molecule has 0 aromatic heterocycles. The second-order valence-electron chi connectivity index (χ2n) is 11.0. The Morgan fingerprint density at radius 3 is 2.50 bits per heavy atom. The number of carbonyl (C=O) groups excluding carboxylic acids is 2. The lowest BCUT2D eigenvalue weighted by molar-refractivity contribution is -0.153. The summed E-state index contributed by atoms with van der Waals surface area (Å²) in [5, 5.41) is 0. The number of rotatable bonds is 3. The maximum Gasteiger partial charge on any atom is 0.184 e. The zero-order valence-corrected chi connectivity index (χ0v) is 18.1. The van der Waals surface area contributed by atoms with Crippen molar-refractivity contribution in [3.63, 3.8) is 0 Å². The maximum absolute atomic E-state index is 12.4. The van der Waals surface area contributed by atoms with Gasteiger partial charge in [-0.05, 0) is 93.7 Å². The monoisotopic (exact) mass is 376 g/mol. The van der Waals surface area contributed by atoms with Crippen LogP contribution in [0.2, 0.25) is 19.6 Å². The van der Waals surface area contributed by atoms with Gasteiger partial charge >= 0.3 is 0 Å². The van der Waals surface area contributed by atoms with E-state index in [0.717, 1.165) is 19.3 Å². The minimum atomic E-state index is -1.54. The van der Waals surface area contributed by atoms with Gasteiger partial charge in [0.15, 0.2) is 8.32 Å². The first-order valence-electron chi connectivity index (χ1n) is 10.9. The quantitative estimate of drug-likeness (QED) is 0.514. The fraction of sp³-hybridized carbons (Fsp3) is 0.909. The predicted molar refractivity (Wildman–Crippen MR) is 105 cm³/mol. The number of hydrogen-bond acceptors (Lipinski definition) is 3. The number of ketones is 1. The van der Waals surface area contributed by atoms with Crippen molar-refractivity contribution in [2.24, 2.45) is 34.5 Å². The Kier molecular flexibility index (Phi) is 4.55. The number of Topliss-reactive ketones (excluding diaryl/α,β-unsaturated/α-hetero) is 1. The van der Waals surface area contributed by atoms with E-state index < -0.39 is 8.32 Å². The van der Waals surface area contributed by atoms with Gasteiger partial charge in [0, 0.05) is 18.3 Å². The summed E-state index contributed by atoms with van der Waals surface area (Å²) in [7, 11) is -1.54. The highest BCUT2D eigenvalue weighted by Gasteiger charge is 2.62. The molecule has 4 aliphatic carbocycles. The van der Waals surface area contributed by atoms with Crippen molar-refractivity contribution in [1.29, 1.82) is 0 Å². The molecule has 0 aromatic rings. The summed E-state index contributed by atoms with van der Waals surface area (Å²) < 4.78 is 6.65. The normalized spacial score (nSPS) is 48.5. The van der Waals surface area contributed by atoms with Crippen LogP contribution >= 0.6 is 0 Å². The molecular weight excluding hydrogens is 340 g/mol. The van der Waals surface area contributed by atoms with Gasteiger partial charge in [0.05, 0.1) is 6.10 Å². The SMILES string of the molecule is C[C@]12CC[C@@H]3[C@@H](CCC4CC(=O)CC[C@@]43C=O)[C@@H]1CCC2O[Si](C)(C)C. The molecule has 0 aromatic carbocycles. The Morgan fingerprint density at radius 2 is 1.81 bits per heavy atom. The van der Waals surface area contributed by atoms with E-state index in [9.17, 15) is 9.59 Å². The average molecular weight is 377 g/mol. The van der Waals surface area contributed by atoms with Gasteiger partial charge in [-0.3, -0.25) is 4.79 Å². The van der Waals surface area contributed by atoms with E-state index in [-0.39, 0.29) is 5.41 Å². The molecule has 4 rings (SSSR count). The van der Waals surface area contributed by atoms with Crippen LogP contribution < -0.4 is 0 Å². The molecule has 2 unspecified atom stereocenters. The molecule has 0 heterocycles. The molecule has 4 heteroatoms. The second-order valence-corrected chi connectivity index (χ2v) is 15.4. The van der Waals surface area contributed by atoms with E-state index in [1.807, 2.05) is 0 Å². The number of fused-ring (bicyclic) bond motifs is 5. The van der Waals surface area contributed by atoms with Crippen molar-refractivity contribution in [2.45, 2.75) is 90.5 Å². The first kappa shape index (κ1) is 18.9. The molecule has 0 aliphatic heterocycles. The molecular formula is C22H36O3Si. The van der Waals surface area contributed by atoms with Gasteiger partial charge in [-0.25, -0.2) is 0 Å². The highest BCUT2D eigenvalue weighted by Crippen LogP contribution is 2.66. The van der Waals surface area contributed by atoms with Crippen LogP contribution in [0.4, 0.5) is 0 Å². The third kappa shape index (κ3) is 2.78.